The van der Waals surface area contributed by atoms with Crippen LogP contribution in [0.2, 0.25) is 0 Å². The molecule has 0 radical (unpaired) electrons. The summed E-state index contributed by atoms with van der Waals surface area (Å²) in [6, 6.07) is 12.1. The minimum atomic E-state index is -0.363. The van der Waals surface area contributed by atoms with Crippen LogP contribution in [0.4, 0.5) is 5.69 Å². The molecular formula is C22H26BrN3O3S. The first-order valence-electron chi connectivity index (χ1n) is 9.73. The van der Waals surface area contributed by atoms with Gasteiger partial charge in [0.1, 0.15) is 5.75 Å². The van der Waals surface area contributed by atoms with Gasteiger partial charge < -0.3 is 15.4 Å². The third-order valence-corrected chi connectivity index (χ3v) is 4.95. The Kier molecular flexibility index (Phi) is 9.26. The van der Waals surface area contributed by atoms with E-state index in [-0.39, 0.29) is 16.9 Å². The van der Waals surface area contributed by atoms with Gasteiger partial charge >= 0.3 is 0 Å². The summed E-state index contributed by atoms with van der Waals surface area (Å²) in [4.78, 5) is 24.7. The maximum Gasteiger partial charge on any atom is 0.257 e. The first kappa shape index (κ1) is 23.8. The Labute approximate surface area is 190 Å². The van der Waals surface area contributed by atoms with E-state index in [2.05, 4.69) is 45.7 Å². The molecule has 160 valence electrons. The predicted octanol–water partition coefficient (Wildman–Crippen LogP) is 4.75. The van der Waals surface area contributed by atoms with Crippen LogP contribution in [0.1, 0.15) is 47.9 Å². The zero-order chi connectivity index (χ0) is 22.1. The Morgan fingerprint density at radius 3 is 2.53 bits per heavy atom. The van der Waals surface area contributed by atoms with Gasteiger partial charge in [0.05, 0.1) is 22.3 Å². The number of para-hydroxylation sites is 1. The second kappa shape index (κ2) is 11.7. The molecule has 0 aromatic heterocycles. The molecule has 0 fully saturated rings. The van der Waals surface area contributed by atoms with Crippen molar-refractivity contribution >= 4 is 50.8 Å². The van der Waals surface area contributed by atoms with Crippen LogP contribution in [-0.4, -0.2) is 30.1 Å². The second-order valence-electron chi connectivity index (χ2n) is 6.99. The van der Waals surface area contributed by atoms with E-state index in [1.165, 1.54) is 0 Å². The van der Waals surface area contributed by atoms with Gasteiger partial charge in [-0.3, -0.25) is 14.9 Å². The minimum Gasteiger partial charge on any atom is -0.492 e. The molecule has 0 aliphatic carbocycles. The number of carbonyl (C=O) groups is 2. The van der Waals surface area contributed by atoms with Crippen molar-refractivity contribution in [2.45, 2.75) is 27.2 Å². The summed E-state index contributed by atoms with van der Waals surface area (Å²) in [5.74, 6) is 0.661. The lowest BCUT2D eigenvalue weighted by Gasteiger charge is -2.14. The summed E-state index contributed by atoms with van der Waals surface area (Å²) in [5.41, 5.74) is 1.39. The number of thiocarbonyl (C=S) groups is 1. The molecule has 0 saturated heterocycles. The summed E-state index contributed by atoms with van der Waals surface area (Å²) in [5, 5.41) is 8.40. The van der Waals surface area contributed by atoms with Gasteiger partial charge in [-0.25, -0.2) is 0 Å². The molecular weight excluding hydrogens is 466 g/mol. The zero-order valence-corrected chi connectivity index (χ0v) is 19.7. The molecule has 0 aliphatic heterocycles. The lowest BCUT2D eigenvalue weighted by Crippen LogP contribution is -2.35. The molecule has 2 aromatic rings. The number of hydrogen-bond donors (Lipinski definition) is 3. The molecule has 0 saturated carbocycles. The molecule has 2 amide bonds. The first-order valence-corrected chi connectivity index (χ1v) is 10.9. The third-order valence-electron chi connectivity index (χ3n) is 4.13. The number of ether oxygens (including phenoxy) is 1. The molecule has 0 heterocycles. The lowest BCUT2D eigenvalue weighted by molar-refractivity contribution is 0.0954. The van der Waals surface area contributed by atoms with Crippen LogP contribution in [-0.2, 0) is 0 Å². The number of rotatable bonds is 8. The van der Waals surface area contributed by atoms with Crippen molar-refractivity contribution in [2.75, 3.05) is 18.5 Å². The van der Waals surface area contributed by atoms with Crippen LogP contribution in [0.3, 0.4) is 0 Å². The van der Waals surface area contributed by atoms with Gasteiger partial charge in [0.2, 0.25) is 0 Å². The van der Waals surface area contributed by atoms with E-state index < -0.39 is 0 Å². The Balaban J connectivity index is 2.00. The van der Waals surface area contributed by atoms with Gasteiger partial charge in [0, 0.05) is 12.1 Å². The standard InChI is InChI=1S/C22H26BrN3O3S/c1-4-24-21(28)16-7-5-6-8-18(16)25-22(30)26-20(27)15-9-10-19(17(23)13-15)29-12-11-14(2)3/h5-10,13-14H,4,11-12H2,1-3H3,(H,24,28)(H2,25,26,27,30). The van der Waals surface area contributed by atoms with E-state index in [0.717, 1.165) is 6.42 Å². The predicted molar refractivity (Wildman–Crippen MR) is 127 cm³/mol. The maximum absolute atomic E-state index is 12.6. The summed E-state index contributed by atoms with van der Waals surface area (Å²) in [6.07, 6.45) is 0.951. The van der Waals surface area contributed by atoms with Crippen LogP contribution in [0.15, 0.2) is 46.9 Å². The van der Waals surface area contributed by atoms with Gasteiger partial charge in [-0.15, -0.1) is 0 Å². The van der Waals surface area contributed by atoms with Crippen LogP contribution >= 0.6 is 28.1 Å². The fraction of sp³-hybridized carbons (Fsp3) is 0.318. The molecule has 6 nitrogen and oxygen atoms in total. The topological polar surface area (TPSA) is 79.5 Å². The number of anilines is 1. The molecule has 0 bridgehead atoms. The van der Waals surface area contributed by atoms with E-state index in [9.17, 15) is 9.59 Å². The maximum atomic E-state index is 12.6. The van der Waals surface area contributed by atoms with E-state index in [0.29, 0.717) is 46.1 Å². The summed E-state index contributed by atoms with van der Waals surface area (Å²) < 4.78 is 6.44. The summed E-state index contributed by atoms with van der Waals surface area (Å²) >= 11 is 8.70. The average molecular weight is 492 g/mol. The van der Waals surface area contributed by atoms with Crippen molar-refractivity contribution < 1.29 is 14.3 Å². The minimum absolute atomic E-state index is 0.102. The Morgan fingerprint density at radius 2 is 1.87 bits per heavy atom. The fourth-order valence-corrected chi connectivity index (χ4v) is 3.23. The Hall–Kier alpha value is -2.45. The van der Waals surface area contributed by atoms with Crippen molar-refractivity contribution in [3.63, 3.8) is 0 Å². The molecule has 2 rings (SSSR count). The van der Waals surface area contributed by atoms with Crippen LogP contribution in [0.5, 0.6) is 5.75 Å². The molecule has 0 aliphatic rings. The van der Waals surface area contributed by atoms with Gasteiger partial charge in [0.15, 0.2) is 5.11 Å². The highest BCUT2D eigenvalue weighted by atomic mass is 79.9. The summed E-state index contributed by atoms with van der Waals surface area (Å²) in [6.45, 7) is 7.24. The highest BCUT2D eigenvalue weighted by Gasteiger charge is 2.14. The number of amides is 2. The number of carbonyl (C=O) groups excluding carboxylic acids is 2. The fourth-order valence-electron chi connectivity index (χ4n) is 2.54. The average Bonchev–Trinajstić information content (AvgIpc) is 2.69. The van der Waals surface area contributed by atoms with Crippen molar-refractivity contribution in [3.8, 4) is 5.75 Å². The van der Waals surface area contributed by atoms with Gasteiger partial charge in [-0.2, -0.15) is 0 Å². The molecule has 0 atom stereocenters. The van der Waals surface area contributed by atoms with Crippen molar-refractivity contribution in [1.82, 2.24) is 10.6 Å². The monoisotopic (exact) mass is 491 g/mol. The molecule has 8 heteroatoms. The first-order chi connectivity index (χ1) is 14.3. The van der Waals surface area contributed by atoms with Crippen molar-refractivity contribution in [1.29, 1.82) is 0 Å². The number of benzene rings is 2. The van der Waals surface area contributed by atoms with Gasteiger partial charge in [-0.1, -0.05) is 26.0 Å². The lowest BCUT2D eigenvalue weighted by atomic mass is 10.1. The molecule has 2 aromatic carbocycles. The molecule has 30 heavy (non-hydrogen) atoms. The van der Waals surface area contributed by atoms with E-state index in [1.54, 1.807) is 42.5 Å². The van der Waals surface area contributed by atoms with Crippen LogP contribution < -0.4 is 20.7 Å². The second-order valence-corrected chi connectivity index (χ2v) is 8.25. The molecule has 3 N–H and O–H groups in total. The quantitative estimate of drug-likeness (QED) is 0.464. The zero-order valence-electron chi connectivity index (χ0n) is 17.3. The highest BCUT2D eigenvalue weighted by Crippen LogP contribution is 2.26. The van der Waals surface area contributed by atoms with E-state index >= 15 is 0 Å². The largest absolute Gasteiger partial charge is 0.492 e. The van der Waals surface area contributed by atoms with Gasteiger partial charge in [0.25, 0.3) is 11.8 Å². The van der Waals surface area contributed by atoms with E-state index in [1.807, 2.05) is 6.92 Å². The summed E-state index contributed by atoms with van der Waals surface area (Å²) in [7, 11) is 0. The Morgan fingerprint density at radius 1 is 1.13 bits per heavy atom. The molecule has 0 spiro atoms. The smallest absolute Gasteiger partial charge is 0.257 e. The normalized spacial score (nSPS) is 10.4. The van der Waals surface area contributed by atoms with Gasteiger partial charge in [-0.05, 0) is 77.7 Å². The number of nitrogens with one attached hydrogen (secondary N) is 3. The van der Waals surface area contributed by atoms with Crippen LogP contribution in [0.25, 0.3) is 0 Å². The Bertz CT molecular complexity index is 918. The number of halogens is 1. The van der Waals surface area contributed by atoms with Crippen LogP contribution in [0, 0.1) is 5.92 Å². The SMILES string of the molecule is CCNC(=O)c1ccccc1NC(=S)NC(=O)c1ccc(OCCC(C)C)c(Br)c1. The third kappa shape index (κ3) is 7.11. The van der Waals surface area contributed by atoms with Crippen molar-refractivity contribution in [3.05, 3.63) is 58.1 Å². The van der Waals surface area contributed by atoms with E-state index in [4.69, 9.17) is 17.0 Å². The van der Waals surface area contributed by atoms with Crippen molar-refractivity contribution in [2.24, 2.45) is 5.92 Å². The molecule has 0 unspecified atom stereocenters. The number of hydrogen-bond acceptors (Lipinski definition) is 4. The highest BCUT2D eigenvalue weighted by molar-refractivity contribution is 9.10.